The number of nitrogens with two attached hydrogens (primary N) is 1. The van der Waals surface area contributed by atoms with Gasteiger partial charge in [-0.3, -0.25) is 4.79 Å². The van der Waals surface area contributed by atoms with E-state index in [0.717, 1.165) is 35.3 Å². The fraction of sp³-hybridized carbons (Fsp3) is 0.524. The van der Waals surface area contributed by atoms with E-state index in [0.29, 0.717) is 17.7 Å². The molecule has 2 atom stereocenters. The Morgan fingerprint density at radius 3 is 2.62 bits per heavy atom. The number of rotatable bonds is 3. The molecule has 2 bridgehead atoms. The number of aryl methyl sites for hydroxylation is 2. The van der Waals surface area contributed by atoms with Crippen molar-refractivity contribution in [1.29, 1.82) is 0 Å². The van der Waals surface area contributed by atoms with Crippen molar-refractivity contribution in [2.45, 2.75) is 52.0 Å². The molecule has 138 valence electrons. The molecular formula is C21H27N3O2. The summed E-state index contributed by atoms with van der Waals surface area (Å²) >= 11 is 0. The molecule has 0 radical (unpaired) electrons. The standard InChI is InChI=1S/C21H27N3O2/c1-12-6-7-17(10-18(12)21-23-13(2)11-26-21)24-20(25)16-8-14-4-3-5-15(9-16)19(14)22/h6-7,10-11,14-16,19H,3-5,8-9,22H2,1-2H3,(H,24,25). The van der Waals surface area contributed by atoms with Crippen molar-refractivity contribution in [2.75, 3.05) is 5.32 Å². The number of fused-ring (bicyclic) bond motifs is 2. The lowest BCUT2D eigenvalue weighted by atomic mass is 9.65. The van der Waals surface area contributed by atoms with E-state index < -0.39 is 0 Å². The molecule has 0 spiro atoms. The van der Waals surface area contributed by atoms with Gasteiger partial charge in [-0.1, -0.05) is 12.5 Å². The van der Waals surface area contributed by atoms with Crippen molar-refractivity contribution in [3.8, 4) is 11.5 Å². The zero-order valence-corrected chi connectivity index (χ0v) is 15.5. The highest BCUT2D eigenvalue weighted by Crippen LogP contribution is 2.42. The van der Waals surface area contributed by atoms with Crippen molar-refractivity contribution in [3.63, 3.8) is 0 Å². The van der Waals surface area contributed by atoms with Crippen LogP contribution in [0.15, 0.2) is 28.9 Å². The Kier molecular flexibility index (Phi) is 4.57. The lowest BCUT2D eigenvalue weighted by Crippen LogP contribution is -2.48. The number of amides is 1. The highest BCUT2D eigenvalue weighted by molar-refractivity contribution is 5.93. The Bertz CT molecular complexity index is 799. The summed E-state index contributed by atoms with van der Waals surface area (Å²) < 4.78 is 5.53. The predicted octanol–water partition coefficient (Wildman–Crippen LogP) is 4.05. The lowest BCUT2D eigenvalue weighted by molar-refractivity contribution is -0.122. The number of hydrogen-bond donors (Lipinski definition) is 2. The van der Waals surface area contributed by atoms with Gasteiger partial charge in [0.05, 0.1) is 5.69 Å². The molecule has 1 amide bonds. The number of aromatic nitrogens is 1. The van der Waals surface area contributed by atoms with Crippen LogP contribution < -0.4 is 11.1 Å². The van der Waals surface area contributed by atoms with E-state index in [-0.39, 0.29) is 17.9 Å². The van der Waals surface area contributed by atoms with Gasteiger partial charge in [-0.05, 0) is 69.1 Å². The number of oxazole rings is 1. The Labute approximate surface area is 154 Å². The van der Waals surface area contributed by atoms with Crippen LogP contribution in [-0.2, 0) is 4.79 Å². The number of nitrogens with one attached hydrogen (secondary N) is 1. The van der Waals surface area contributed by atoms with E-state index in [2.05, 4.69) is 10.3 Å². The molecule has 0 saturated heterocycles. The molecule has 3 N–H and O–H groups in total. The molecule has 1 aromatic carbocycles. The van der Waals surface area contributed by atoms with E-state index in [1.807, 2.05) is 32.0 Å². The highest BCUT2D eigenvalue weighted by Gasteiger charge is 2.40. The SMILES string of the molecule is Cc1coc(-c2cc(NC(=O)C3CC4CCCC(C3)C4N)ccc2C)n1. The van der Waals surface area contributed by atoms with Crippen LogP contribution in [0.1, 0.15) is 43.4 Å². The fourth-order valence-corrected chi connectivity index (χ4v) is 4.66. The number of carbonyl (C=O) groups is 1. The van der Waals surface area contributed by atoms with Crippen molar-refractivity contribution in [3.05, 3.63) is 35.7 Å². The maximum atomic E-state index is 12.9. The van der Waals surface area contributed by atoms with Crippen LogP contribution in [0, 0.1) is 31.6 Å². The minimum atomic E-state index is 0.0684. The molecule has 2 aromatic rings. The fourth-order valence-electron chi connectivity index (χ4n) is 4.66. The summed E-state index contributed by atoms with van der Waals surface area (Å²) in [7, 11) is 0. The van der Waals surface area contributed by atoms with Gasteiger partial charge in [0.15, 0.2) is 0 Å². The Balaban J connectivity index is 1.50. The molecule has 2 aliphatic carbocycles. The van der Waals surface area contributed by atoms with Crippen LogP contribution in [-0.4, -0.2) is 16.9 Å². The van der Waals surface area contributed by atoms with Crippen molar-refractivity contribution >= 4 is 11.6 Å². The largest absolute Gasteiger partial charge is 0.444 e. The first-order valence-corrected chi connectivity index (χ1v) is 9.61. The third kappa shape index (κ3) is 3.28. The number of anilines is 1. The molecule has 2 unspecified atom stereocenters. The number of benzene rings is 1. The van der Waals surface area contributed by atoms with E-state index in [4.69, 9.17) is 10.2 Å². The van der Waals surface area contributed by atoms with E-state index in [1.165, 1.54) is 19.3 Å². The van der Waals surface area contributed by atoms with Crippen molar-refractivity contribution < 1.29 is 9.21 Å². The predicted molar refractivity (Wildman–Crippen MR) is 102 cm³/mol. The van der Waals surface area contributed by atoms with Crippen LogP contribution in [0.25, 0.3) is 11.5 Å². The molecular weight excluding hydrogens is 326 g/mol. The van der Waals surface area contributed by atoms with Crippen LogP contribution in [0.5, 0.6) is 0 Å². The molecule has 26 heavy (non-hydrogen) atoms. The molecule has 1 aromatic heterocycles. The van der Waals surface area contributed by atoms with Crippen LogP contribution in [0.4, 0.5) is 5.69 Å². The average Bonchev–Trinajstić information content (AvgIpc) is 3.02. The van der Waals surface area contributed by atoms with Crippen molar-refractivity contribution in [1.82, 2.24) is 4.98 Å². The molecule has 0 aliphatic heterocycles. The van der Waals surface area contributed by atoms with E-state index >= 15 is 0 Å². The first kappa shape index (κ1) is 17.3. The minimum absolute atomic E-state index is 0.0684. The van der Waals surface area contributed by atoms with Gasteiger partial charge < -0.3 is 15.5 Å². The van der Waals surface area contributed by atoms with E-state index in [1.54, 1.807) is 6.26 Å². The van der Waals surface area contributed by atoms with Crippen LogP contribution in [0.2, 0.25) is 0 Å². The molecule has 2 saturated carbocycles. The summed E-state index contributed by atoms with van der Waals surface area (Å²) in [6.07, 6.45) is 7.07. The topological polar surface area (TPSA) is 81.2 Å². The summed E-state index contributed by atoms with van der Waals surface area (Å²) in [5.74, 6) is 1.78. The average molecular weight is 353 g/mol. The first-order valence-electron chi connectivity index (χ1n) is 9.61. The van der Waals surface area contributed by atoms with Gasteiger partial charge in [0.25, 0.3) is 0 Å². The second-order valence-electron chi connectivity index (χ2n) is 8.01. The zero-order valence-electron chi connectivity index (χ0n) is 15.5. The number of hydrogen-bond acceptors (Lipinski definition) is 4. The smallest absolute Gasteiger partial charge is 0.227 e. The summed E-state index contributed by atoms with van der Waals surface area (Å²) in [6, 6.07) is 6.18. The third-order valence-corrected chi connectivity index (χ3v) is 6.14. The van der Waals surface area contributed by atoms with Crippen molar-refractivity contribution in [2.24, 2.45) is 23.5 Å². The maximum absolute atomic E-state index is 12.9. The summed E-state index contributed by atoms with van der Waals surface area (Å²) in [4.78, 5) is 17.3. The molecule has 5 nitrogen and oxygen atoms in total. The summed E-state index contributed by atoms with van der Waals surface area (Å²) in [5.41, 5.74) is 9.98. The van der Waals surface area contributed by atoms with E-state index in [9.17, 15) is 4.79 Å². The second-order valence-corrected chi connectivity index (χ2v) is 8.01. The van der Waals surface area contributed by atoms with Gasteiger partial charge in [-0.25, -0.2) is 4.98 Å². The first-order chi connectivity index (χ1) is 12.5. The minimum Gasteiger partial charge on any atom is -0.444 e. The summed E-state index contributed by atoms with van der Waals surface area (Å²) in [6.45, 7) is 3.92. The molecule has 2 aliphatic rings. The Morgan fingerprint density at radius 1 is 1.23 bits per heavy atom. The van der Waals surface area contributed by atoms with Crippen LogP contribution >= 0.6 is 0 Å². The van der Waals surface area contributed by atoms with Gasteiger partial charge in [0.1, 0.15) is 6.26 Å². The lowest BCUT2D eigenvalue weighted by Gasteiger charge is -2.43. The summed E-state index contributed by atoms with van der Waals surface area (Å²) in [5, 5.41) is 3.11. The monoisotopic (exact) mass is 353 g/mol. The molecule has 1 heterocycles. The van der Waals surface area contributed by atoms with Gasteiger partial charge in [-0.2, -0.15) is 0 Å². The van der Waals surface area contributed by atoms with Crippen LogP contribution in [0.3, 0.4) is 0 Å². The van der Waals surface area contributed by atoms with Gasteiger partial charge in [0, 0.05) is 23.2 Å². The number of carbonyl (C=O) groups excluding carboxylic acids is 1. The number of nitrogens with zero attached hydrogens (tertiary/aromatic N) is 1. The van der Waals surface area contributed by atoms with Gasteiger partial charge in [0.2, 0.25) is 11.8 Å². The highest BCUT2D eigenvalue weighted by atomic mass is 16.3. The molecule has 4 rings (SSSR count). The molecule has 5 heteroatoms. The maximum Gasteiger partial charge on any atom is 0.227 e. The normalized spacial score (nSPS) is 28.0. The third-order valence-electron chi connectivity index (χ3n) is 6.14. The Morgan fingerprint density at radius 2 is 1.96 bits per heavy atom. The second kappa shape index (κ2) is 6.88. The van der Waals surface area contributed by atoms with Gasteiger partial charge in [-0.15, -0.1) is 0 Å². The molecule has 2 fully saturated rings. The Hall–Kier alpha value is -2.14. The zero-order chi connectivity index (χ0) is 18.3. The van der Waals surface area contributed by atoms with Gasteiger partial charge >= 0.3 is 0 Å². The quantitative estimate of drug-likeness (QED) is 0.872.